The second-order valence-corrected chi connectivity index (χ2v) is 7.07. The van der Waals surface area contributed by atoms with Gasteiger partial charge in [0.1, 0.15) is 5.82 Å². The summed E-state index contributed by atoms with van der Waals surface area (Å²) in [6, 6.07) is 19.3. The van der Waals surface area contributed by atoms with E-state index in [4.69, 9.17) is 4.18 Å². The van der Waals surface area contributed by atoms with E-state index in [9.17, 15) is 12.8 Å². The fourth-order valence-electron chi connectivity index (χ4n) is 2.88. The molecule has 0 unspecified atom stereocenters. The van der Waals surface area contributed by atoms with Gasteiger partial charge in [-0.2, -0.15) is 13.1 Å². The molecular weight excluding hydrogens is 341 g/mol. The standard InChI is InChI=1S/C19H14FNO3S/c20-18-7-2-1-5-16(18)13-8-10-14(11-9-13)17-6-3-4-15-12-21-25(22,23)24-19(15)17/h1-11,21H,12H2. The summed E-state index contributed by atoms with van der Waals surface area (Å²) < 4.78 is 44.8. The SMILES string of the molecule is O=S1(=O)NCc2cccc(-c3ccc(-c4ccccc4F)cc3)c2O1. The van der Waals surface area contributed by atoms with Gasteiger partial charge in [-0.15, -0.1) is 0 Å². The van der Waals surface area contributed by atoms with Gasteiger partial charge in [0.05, 0.1) is 0 Å². The van der Waals surface area contributed by atoms with Crippen molar-refractivity contribution in [3.8, 4) is 28.0 Å². The van der Waals surface area contributed by atoms with Crippen molar-refractivity contribution in [3.63, 3.8) is 0 Å². The maximum atomic E-state index is 13.9. The number of benzene rings is 3. The third-order valence-corrected chi connectivity index (χ3v) is 4.99. The van der Waals surface area contributed by atoms with Crippen molar-refractivity contribution in [2.24, 2.45) is 0 Å². The summed E-state index contributed by atoms with van der Waals surface area (Å²) in [6.07, 6.45) is 0. The van der Waals surface area contributed by atoms with Crippen LogP contribution in [0, 0.1) is 5.82 Å². The number of hydrogen-bond acceptors (Lipinski definition) is 3. The number of halogens is 1. The number of para-hydroxylation sites is 1. The van der Waals surface area contributed by atoms with Crippen molar-refractivity contribution in [1.29, 1.82) is 0 Å². The van der Waals surface area contributed by atoms with E-state index in [1.165, 1.54) is 6.07 Å². The Bertz CT molecular complexity index is 1050. The summed E-state index contributed by atoms with van der Waals surface area (Å²) in [5, 5.41) is 0. The zero-order chi connectivity index (χ0) is 17.4. The molecule has 0 fully saturated rings. The molecule has 0 radical (unpaired) electrons. The van der Waals surface area contributed by atoms with Crippen LogP contribution in [0.25, 0.3) is 22.3 Å². The van der Waals surface area contributed by atoms with Gasteiger partial charge in [0.15, 0.2) is 5.75 Å². The Kier molecular flexibility index (Phi) is 3.78. The fraction of sp³-hybridized carbons (Fsp3) is 0.0526. The molecule has 25 heavy (non-hydrogen) atoms. The number of nitrogens with one attached hydrogen (secondary N) is 1. The van der Waals surface area contributed by atoms with Gasteiger partial charge in [-0.1, -0.05) is 60.7 Å². The van der Waals surface area contributed by atoms with E-state index < -0.39 is 10.3 Å². The Morgan fingerprint density at radius 1 is 0.840 bits per heavy atom. The highest BCUT2D eigenvalue weighted by atomic mass is 32.2. The van der Waals surface area contributed by atoms with E-state index in [0.29, 0.717) is 16.9 Å². The Balaban J connectivity index is 1.76. The first-order chi connectivity index (χ1) is 12.0. The molecule has 0 aromatic heterocycles. The molecule has 1 aliphatic rings. The van der Waals surface area contributed by atoms with Gasteiger partial charge in [-0.25, -0.2) is 4.39 Å². The van der Waals surface area contributed by atoms with Crippen LogP contribution in [0.1, 0.15) is 5.56 Å². The van der Waals surface area contributed by atoms with Crippen LogP contribution in [0.4, 0.5) is 4.39 Å². The highest BCUT2D eigenvalue weighted by Crippen LogP contribution is 2.37. The first-order valence-corrected chi connectivity index (χ1v) is 9.11. The normalized spacial score (nSPS) is 15.2. The maximum absolute atomic E-state index is 13.9. The van der Waals surface area contributed by atoms with Crippen LogP contribution in [-0.4, -0.2) is 8.42 Å². The molecule has 0 spiro atoms. The lowest BCUT2D eigenvalue weighted by Gasteiger charge is -2.20. The highest BCUT2D eigenvalue weighted by Gasteiger charge is 2.24. The first-order valence-electron chi connectivity index (χ1n) is 7.70. The van der Waals surface area contributed by atoms with E-state index >= 15 is 0 Å². The number of hydrogen-bond donors (Lipinski definition) is 1. The Hall–Kier alpha value is -2.70. The molecule has 0 aliphatic carbocycles. The fourth-order valence-corrected chi connectivity index (χ4v) is 3.69. The average Bonchev–Trinajstić information content (AvgIpc) is 2.61. The molecule has 0 saturated heterocycles. The molecule has 1 aliphatic heterocycles. The molecule has 1 N–H and O–H groups in total. The quantitative estimate of drug-likeness (QED) is 0.759. The van der Waals surface area contributed by atoms with E-state index in [0.717, 1.165) is 16.7 Å². The minimum atomic E-state index is -3.78. The van der Waals surface area contributed by atoms with Crippen LogP contribution >= 0.6 is 0 Å². The number of rotatable bonds is 2. The van der Waals surface area contributed by atoms with E-state index in [-0.39, 0.29) is 12.4 Å². The molecule has 0 bridgehead atoms. The van der Waals surface area contributed by atoms with Crippen LogP contribution < -0.4 is 8.91 Å². The van der Waals surface area contributed by atoms with Crippen molar-refractivity contribution in [2.75, 3.05) is 0 Å². The van der Waals surface area contributed by atoms with Crippen molar-refractivity contribution in [3.05, 3.63) is 78.1 Å². The van der Waals surface area contributed by atoms with Crippen LogP contribution in [0.2, 0.25) is 0 Å². The third-order valence-electron chi connectivity index (χ3n) is 4.11. The number of fused-ring (bicyclic) bond motifs is 1. The lowest BCUT2D eigenvalue weighted by Crippen LogP contribution is -2.32. The highest BCUT2D eigenvalue weighted by molar-refractivity contribution is 7.85. The molecule has 4 rings (SSSR count). The molecule has 4 nitrogen and oxygen atoms in total. The monoisotopic (exact) mass is 355 g/mol. The van der Waals surface area contributed by atoms with Crippen LogP contribution in [-0.2, 0) is 16.8 Å². The zero-order valence-corrected chi connectivity index (χ0v) is 13.9. The van der Waals surface area contributed by atoms with Gasteiger partial charge in [0.25, 0.3) is 0 Å². The van der Waals surface area contributed by atoms with Crippen molar-refractivity contribution < 1.29 is 17.0 Å². The second kappa shape index (κ2) is 5.98. The molecule has 1 heterocycles. The van der Waals surface area contributed by atoms with Gasteiger partial charge < -0.3 is 4.18 Å². The first kappa shape index (κ1) is 15.8. The Morgan fingerprint density at radius 2 is 1.48 bits per heavy atom. The summed E-state index contributed by atoms with van der Waals surface area (Å²) in [7, 11) is -3.78. The van der Waals surface area contributed by atoms with Gasteiger partial charge in [-0.05, 0) is 17.2 Å². The molecular formula is C19H14FNO3S. The smallest absolute Gasteiger partial charge is 0.370 e. The van der Waals surface area contributed by atoms with Gasteiger partial charge in [0, 0.05) is 23.2 Å². The topological polar surface area (TPSA) is 55.4 Å². The molecule has 126 valence electrons. The van der Waals surface area contributed by atoms with Crippen LogP contribution in [0.5, 0.6) is 5.75 Å². The molecule has 0 atom stereocenters. The van der Waals surface area contributed by atoms with Crippen LogP contribution in [0.15, 0.2) is 66.7 Å². The van der Waals surface area contributed by atoms with Crippen molar-refractivity contribution in [1.82, 2.24) is 4.72 Å². The lowest BCUT2D eigenvalue weighted by molar-refractivity contribution is 0.454. The maximum Gasteiger partial charge on any atom is 0.382 e. The van der Waals surface area contributed by atoms with Crippen LogP contribution in [0.3, 0.4) is 0 Å². The molecule has 0 amide bonds. The minimum absolute atomic E-state index is 0.193. The summed E-state index contributed by atoms with van der Waals surface area (Å²) >= 11 is 0. The molecule has 3 aromatic rings. The third kappa shape index (κ3) is 3.01. The van der Waals surface area contributed by atoms with Gasteiger partial charge in [0.2, 0.25) is 0 Å². The summed E-state index contributed by atoms with van der Waals surface area (Å²) in [6.45, 7) is 0.193. The van der Waals surface area contributed by atoms with E-state index in [1.54, 1.807) is 24.3 Å². The molecule has 3 aromatic carbocycles. The average molecular weight is 355 g/mol. The van der Waals surface area contributed by atoms with E-state index in [1.807, 2.05) is 36.4 Å². The van der Waals surface area contributed by atoms with Gasteiger partial charge >= 0.3 is 10.3 Å². The lowest BCUT2D eigenvalue weighted by atomic mass is 9.98. The minimum Gasteiger partial charge on any atom is -0.370 e. The van der Waals surface area contributed by atoms with Crippen molar-refractivity contribution in [2.45, 2.75) is 6.54 Å². The molecule has 0 saturated carbocycles. The predicted octanol–water partition coefficient (Wildman–Crippen LogP) is 3.89. The Morgan fingerprint density at radius 3 is 2.20 bits per heavy atom. The second-order valence-electron chi connectivity index (χ2n) is 5.71. The zero-order valence-electron chi connectivity index (χ0n) is 13.1. The predicted molar refractivity (Wildman–Crippen MR) is 93.7 cm³/mol. The largest absolute Gasteiger partial charge is 0.382 e. The van der Waals surface area contributed by atoms with Gasteiger partial charge in [-0.3, -0.25) is 0 Å². The summed E-state index contributed by atoms with van der Waals surface area (Å²) in [4.78, 5) is 0. The molecule has 6 heteroatoms. The summed E-state index contributed by atoms with van der Waals surface area (Å²) in [5.41, 5.74) is 3.52. The van der Waals surface area contributed by atoms with E-state index in [2.05, 4.69) is 4.72 Å². The van der Waals surface area contributed by atoms with Crippen molar-refractivity contribution >= 4 is 10.3 Å². The summed E-state index contributed by atoms with van der Waals surface area (Å²) in [5.74, 6) is 0.0488. The Labute approximate surface area is 145 Å².